The van der Waals surface area contributed by atoms with Crippen LogP contribution in [0.3, 0.4) is 0 Å². The molecule has 0 spiro atoms. The Hall–Kier alpha value is -1.41. The molecular weight excluding hydrogens is 410 g/mol. The molecule has 0 aromatic rings. The summed E-state index contributed by atoms with van der Waals surface area (Å²) in [4.78, 5) is 15.0. The maximum absolute atomic E-state index is 12.7. The molecule has 0 aromatic carbocycles. The summed E-state index contributed by atoms with van der Waals surface area (Å²) in [6, 6.07) is 0. The van der Waals surface area contributed by atoms with E-state index in [9.17, 15) is 4.79 Å². The average Bonchev–Trinajstić information content (AvgIpc) is 3.27. The molecule has 2 saturated heterocycles. The van der Waals surface area contributed by atoms with Gasteiger partial charge in [0.15, 0.2) is 11.5 Å². The molecule has 2 fully saturated rings. The van der Waals surface area contributed by atoms with Crippen molar-refractivity contribution in [3.63, 3.8) is 0 Å². The first-order valence-corrected chi connectivity index (χ1v) is 14.9. The molecule has 0 amide bonds. The summed E-state index contributed by atoms with van der Waals surface area (Å²) in [7, 11) is 3.79. The highest BCUT2D eigenvalue weighted by Gasteiger charge is 2.56. The molecule has 7 heteroatoms. The zero-order chi connectivity index (χ0) is 22.8. The van der Waals surface area contributed by atoms with E-state index in [0.29, 0.717) is 23.5 Å². The monoisotopic (exact) mass is 447 g/mol. The lowest BCUT2D eigenvalue weighted by molar-refractivity contribution is -0.144. The molecule has 31 heavy (non-hydrogen) atoms. The summed E-state index contributed by atoms with van der Waals surface area (Å²) in [5.41, 5.74) is 1.08. The third-order valence-corrected chi connectivity index (χ3v) is 9.94. The van der Waals surface area contributed by atoms with E-state index in [4.69, 9.17) is 18.9 Å². The van der Waals surface area contributed by atoms with Gasteiger partial charge >= 0.3 is 0 Å². The maximum atomic E-state index is 12.7. The predicted molar refractivity (Wildman–Crippen MR) is 122 cm³/mol. The Morgan fingerprint density at radius 3 is 2.52 bits per heavy atom. The van der Waals surface area contributed by atoms with Gasteiger partial charge in [0, 0.05) is 12.0 Å². The highest BCUT2D eigenvalue weighted by Crippen LogP contribution is 2.51. The van der Waals surface area contributed by atoms with E-state index in [1.165, 1.54) is 5.57 Å². The number of nitrogens with zero attached hydrogens (tertiary/aromatic N) is 1. The smallest absolute Gasteiger partial charge is 0.202 e. The summed E-state index contributed by atoms with van der Waals surface area (Å²) in [6.45, 7) is 12.1. The molecule has 2 heterocycles. The molecule has 2 aliphatic carbocycles. The van der Waals surface area contributed by atoms with Crippen molar-refractivity contribution in [1.82, 2.24) is 4.90 Å². The minimum absolute atomic E-state index is 0.0249. The molecule has 0 aromatic heterocycles. The van der Waals surface area contributed by atoms with Crippen molar-refractivity contribution in [1.29, 1.82) is 0 Å². The minimum Gasteiger partial charge on any atom is -0.495 e. The van der Waals surface area contributed by atoms with Gasteiger partial charge in [0.1, 0.15) is 11.6 Å². The van der Waals surface area contributed by atoms with Gasteiger partial charge in [-0.15, -0.1) is 0 Å². The highest BCUT2D eigenvalue weighted by atomic mass is 28.3. The number of methoxy groups -OCH3 is 2. The number of ether oxygens (including phenoxy) is 4. The van der Waals surface area contributed by atoms with Crippen molar-refractivity contribution in [3.05, 3.63) is 35.3 Å². The van der Waals surface area contributed by atoms with Crippen LogP contribution in [0.15, 0.2) is 35.3 Å². The van der Waals surface area contributed by atoms with Crippen LogP contribution in [0.5, 0.6) is 0 Å². The van der Waals surface area contributed by atoms with Gasteiger partial charge in [0.2, 0.25) is 11.5 Å². The Morgan fingerprint density at radius 1 is 1.19 bits per heavy atom. The number of carbonyl (C=O) groups is 1. The second-order valence-electron chi connectivity index (χ2n) is 10.8. The Bertz CT molecular complexity index is 855. The van der Waals surface area contributed by atoms with Crippen molar-refractivity contribution in [2.45, 2.75) is 75.4 Å². The van der Waals surface area contributed by atoms with Crippen LogP contribution in [0.1, 0.15) is 26.7 Å². The van der Waals surface area contributed by atoms with E-state index in [1.807, 2.05) is 13.8 Å². The normalized spacial score (nSPS) is 37.9. The Labute approximate surface area is 187 Å². The average molecular weight is 448 g/mol. The van der Waals surface area contributed by atoms with E-state index in [0.717, 1.165) is 13.0 Å². The summed E-state index contributed by atoms with van der Waals surface area (Å²) < 4.78 is 24.0. The Balaban J connectivity index is 1.76. The summed E-state index contributed by atoms with van der Waals surface area (Å²) in [6.07, 6.45) is 8.21. The van der Waals surface area contributed by atoms with Crippen LogP contribution in [0, 0.1) is 5.92 Å². The van der Waals surface area contributed by atoms with Gasteiger partial charge < -0.3 is 18.9 Å². The summed E-state index contributed by atoms with van der Waals surface area (Å²) >= 11 is 0. The topological polar surface area (TPSA) is 57.2 Å². The quantitative estimate of drug-likeness (QED) is 0.596. The van der Waals surface area contributed by atoms with Gasteiger partial charge in [0.05, 0.1) is 28.4 Å². The maximum Gasteiger partial charge on any atom is 0.202 e. The fourth-order valence-electron chi connectivity index (χ4n) is 5.93. The molecule has 0 bridgehead atoms. The number of rotatable bonds is 5. The van der Waals surface area contributed by atoms with Gasteiger partial charge in [-0.2, -0.15) is 0 Å². The Morgan fingerprint density at radius 2 is 1.90 bits per heavy atom. The van der Waals surface area contributed by atoms with Crippen LogP contribution in [0.2, 0.25) is 25.2 Å². The van der Waals surface area contributed by atoms with Gasteiger partial charge in [-0.1, -0.05) is 37.9 Å². The number of hydrogen-bond donors (Lipinski definition) is 0. The number of likely N-dealkylation sites (tertiary alicyclic amines) is 1. The molecule has 172 valence electrons. The number of ketones is 1. The number of allylic oxidation sites excluding steroid dienone is 1. The third kappa shape index (κ3) is 3.54. The van der Waals surface area contributed by atoms with Crippen molar-refractivity contribution in [2.75, 3.05) is 27.8 Å². The molecule has 4 aliphatic rings. The van der Waals surface area contributed by atoms with Crippen molar-refractivity contribution >= 4 is 13.9 Å². The van der Waals surface area contributed by atoms with E-state index in [2.05, 4.69) is 49.8 Å². The summed E-state index contributed by atoms with van der Waals surface area (Å²) in [5, 5.41) is 0. The lowest BCUT2D eigenvalue weighted by atomic mass is 9.74. The number of hydrogen-bond acceptors (Lipinski definition) is 6. The molecule has 6 nitrogen and oxygen atoms in total. The van der Waals surface area contributed by atoms with E-state index >= 15 is 0 Å². The molecule has 0 unspecified atom stereocenters. The van der Waals surface area contributed by atoms with Crippen LogP contribution < -0.4 is 0 Å². The fraction of sp³-hybridized carbons (Fsp3) is 0.708. The molecule has 0 saturated carbocycles. The van der Waals surface area contributed by atoms with E-state index in [-0.39, 0.29) is 23.9 Å². The standard InChI is InChI=1S/C24H37NO5Si/c1-23(2)29-19-15(13-18(21(19)30-23)31(6,7)8)9-11-24-16(10-12-25(24)3)14-17(26)20(27-4)22(24)28-5/h9,11,13,16,18-19,21H,10,12,14H2,1-8H3/b11-9-/t16-,18-,19-,21+,24-/m0/s1. The molecule has 5 atom stereocenters. The fourth-order valence-corrected chi connectivity index (χ4v) is 7.85. The Kier molecular flexibility index (Phi) is 5.56. The molecular formula is C24H37NO5Si. The number of likely N-dealkylation sites (N-methyl/N-ethyl adjacent to an activating group) is 1. The first-order chi connectivity index (χ1) is 14.4. The van der Waals surface area contributed by atoms with Crippen LogP contribution in [-0.4, -0.2) is 70.1 Å². The predicted octanol–water partition coefficient (Wildman–Crippen LogP) is 3.88. The summed E-state index contributed by atoms with van der Waals surface area (Å²) in [5.74, 6) is 0.573. The molecule has 0 radical (unpaired) electrons. The lowest BCUT2D eigenvalue weighted by Crippen LogP contribution is -2.50. The van der Waals surface area contributed by atoms with Crippen LogP contribution >= 0.6 is 0 Å². The van der Waals surface area contributed by atoms with E-state index in [1.54, 1.807) is 14.2 Å². The zero-order valence-electron chi connectivity index (χ0n) is 20.2. The molecule has 4 rings (SSSR count). The van der Waals surface area contributed by atoms with Crippen LogP contribution in [0.25, 0.3) is 0 Å². The second kappa shape index (κ2) is 7.58. The highest BCUT2D eigenvalue weighted by molar-refractivity contribution is 6.78. The van der Waals surface area contributed by atoms with Gasteiger partial charge in [0.25, 0.3) is 0 Å². The lowest BCUT2D eigenvalue weighted by Gasteiger charge is -2.42. The van der Waals surface area contributed by atoms with Crippen LogP contribution in [-0.2, 0) is 23.7 Å². The number of fused-ring (bicyclic) bond motifs is 2. The molecule has 0 N–H and O–H groups in total. The van der Waals surface area contributed by atoms with Crippen molar-refractivity contribution in [3.8, 4) is 0 Å². The molecule has 2 aliphatic heterocycles. The second-order valence-corrected chi connectivity index (χ2v) is 16.2. The van der Waals surface area contributed by atoms with Gasteiger partial charge in [-0.25, -0.2) is 0 Å². The van der Waals surface area contributed by atoms with Crippen molar-refractivity contribution < 1.29 is 23.7 Å². The van der Waals surface area contributed by atoms with Gasteiger partial charge in [-0.05, 0) is 45.4 Å². The van der Waals surface area contributed by atoms with Crippen LogP contribution in [0.4, 0.5) is 0 Å². The SMILES string of the molecule is COC1=C(OC)[C@]2(/C=C\C3=C[C@H]([Si](C)(C)C)[C@H]4OC(C)(C)O[C@@H]34)[C@@H](CCN2C)CC1=O. The van der Waals surface area contributed by atoms with Gasteiger partial charge in [-0.3, -0.25) is 9.69 Å². The largest absolute Gasteiger partial charge is 0.495 e. The zero-order valence-corrected chi connectivity index (χ0v) is 21.2. The van der Waals surface area contributed by atoms with Crippen molar-refractivity contribution in [2.24, 2.45) is 5.92 Å². The first kappa shape index (κ1) is 22.8. The third-order valence-electron chi connectivity index (χ3n) is 7.44. The minimum atomic E-state index is -1.50. The van der Waals surface area contributed by atoms with E-state index < -0.39 is 19.4 Å². The number of carbonyl (C=O) groups excluding carboxylic acids is 1. The number of Topliss-reactive ketones (excluding diaryl/α,β-unsaturated/α-hetero) is 1. The first-order valence-electron chi connectivity index (χ1n) is 11.3.